The first-order valence-electron chi connectivity index (χ1n) is 4.00. The summed E-state index contributed by atoms with van der Waals surface area (Å²) in [6, 6.07) is 9.10. The molecule has 0 spiro atoms. The van der Waals surface area contributed by atoms with Crippen LogP contribution in [0.2, 0.25) is 0 Å². The van der Waals surface area contributed by atoms with Crippen LogP contribution in [0.15, 0.2) is 30.3 Å². The summed E-state index contributed by atoms with van der Waals surface area (Å²) in [5.74, 6) is 0. The molecule has 1 unspecified atom stereocenters. The second-order valence-corrected chi connectivity index (χ2v) is 4.50. The molecule has 1 heterocycles. The van der Waals surface area contributed by atoms with Crippen molar-refractivity contribution in [2.75, 3.05) is 17.8 Å². The maximum atomic E-state index is 11.4. The molecule has 1 aliphatic rings. The molecular formula is C8H10NO3P. The molecule has 1 fully saturated rings. The number of nitrogens with zero attached hydrogens (tertiary/aromatic N) is 1. The molecule has 1 atom stereocenters. The average Bonchev–Trinajstić information content (AvgIpc) is 2.47. The van der Waals surface area contributed by atoms with Gasteiger partial charge in [-0.25, -0.2) is 4.57 Å². The standard InChI is InChI=1S/C8H10NO3P/c10-13(11)9(6-7-12-13)8-4-2-1-3-5-8/h1-5H,6-7H2,(H,10,11). The highest BCUT2D eigenvalue weighted by molar-refractivity contribution is 7.55. The molecular weight excluding hydrogens is 189 g/mol. The van der Waals surface area contributed by atoms with E-state index in [0.717, 1.165) is 5.69 Å². The summed E-state index contributed by atoms with van der Waals surface area (Å²) >= 11 is 0. The molecule has 0 bridgehead atoms. The molecule has 1 saturated heterocycles. The van der Waals surface area contributed by atoms with E-state index in [9.17, 15) is 9.46 Å². The highest BCUT2D eigenvalue weighted by atomic mass is 31.2. The summed E-state index contributed by atoms with van der Waals surface area (Å²) in [4.78, 5) is 9.37. The van der Waals surface area contributed by atoms with Crippen molar-refractivity contribution >= 4 is 13.4 Å². The van der Waals surface area contributed by atoms with Crippen LogP contribution >= 0.6 is 7.75 Å². The highest BCUT2D eigenvalue weighted by Crippen LogP contribution is 2.52. The van der Waals surface area contributed by atoms with E-state index in [0.29, 0.717) is 13.2 Å². The second kappa shape index (κ2) is 3.14. The minimum atomic E-state index is -3.54. The first kappa shape index (κ1) is 8.75. The molecule has 70 valence electrons. The fourth-order valence-electron chi connectivity index (χ4n) is 1.32. The Morgan fingerprint density at radius 2 is 2.08 bits per heavy atom. The van der Waals surface area contributed by atoms with Crippen molar-refractivity contribution in [1.29, 1.82) is 0 Å². The van der Waals surface area contributed by atoms with Crippen molar-refractivity contribution in [1.82, 2.24) is 0 Å². The minimum absolute atomic E-state index is 0.308. The summed E-state index contributed by atoms with van der Waals surface area (Å²) in [5, 5.41) is 0. The maximum Gasteiger partial charge on any atom is 0.432 e. The third kappa shape index (κ3) is 1.61. The molecule has 0 aromatic heterocycles. The van der Waals surface area contributed by atoms with E-state index in [-0.39, 0.29) is 0 Å². The molecule has 0 amide bonds. The quantitative estimate of drug-likeness (QED) is 0.698. The van der Waals surface area contributed by atoms with Crippen LogP contribution < -0.4 is 4.67 Å². The van der Waals surface area contributed by atoms with Crippen molar-refractivity contribution in [2.24, 2.45) is 0 Å². The fraction of sp³-hybridized carbons (Fsp3) is 0.250. The molecule has 1 aromatic carbocycles. The Morgan fingerprint density at radius 1 is 1.38 bits per heavy atom. The third-order valence-corrected chi connectivity index (χ3v) is 3.48. The SMILES string of the molecule is O=P1(O)OCCN1c1ccccc1. The van der Waals surface area contributed by atoms with E-state index in [1.54, 1.807) is 12.1 Å². The number of hydrogen-bond acceptors (Lipinski definition) is 2. The van der Waals surface area contributed by atoms with Gasteiger partial charge >= 0.3 is 7.75 Å². The number of anilines is 1. The number of rotatable bonds is 1. The Kier molecular flexibility index (Phi) is 2.12. The zero-order valence-electron chi connectivity index (χ0n) is 6.96. The minimum Gasteiger partial charge on any atom is -0.308 e. The van der Waals surface area contributed by atoms with Crippen molar-refractivity contribution in [3.63, 3.8) is 0 Å². The molecule has 0 aliphatic carbocycles. The first-order chi connectivity index (χ1) is 6.20. The van der Waals surface area contributed by atoms with Gasteiger partial charge < -0.3 is 4.89 Å². The molecule has 13 heavy (non-hydrogen) atoms. The molecule has 1 aromatic rings. The zero-order chi connectivity index (χ0) is 9.31. The van der Waals surface area contributed by atoms with Crippen LogP contribution in [0.5, 0.6) is 0 Å². The highest BCUT2D eigenvalue weighted by Gasteiger charge is 2.35. The Morgan fingerprint density at radius 3 is 2.62 bits per heavy atom. The van der Waals surface area contributed by atoms with Crippen LogP contribution in [0, 0.1) is 0 Å². The average molecular weight is 199 g/mol. The lowest BCUT2D eigenvalue weighted by Crippen LogP contribution is -2.14. The van der Waals surface area contributed by atoms with Crippen molar-refractivity contribution in [3.8, 4) is 0 Å². The van der Waals surface area contributed by atoms with E-state index >= 15 is 0 Å². The fourth-order valence-corrected chi connectivity index (χ4v) is 2.54. The summed E-state index contributed by atoms with van der Waals surface area (Å²) in [7, 11) is -3.54. The van der Waals surface area contributed by atoms with E-state index < -0.39 is 7.75 Å². The molecule has 1 aliphatic heterocycles. The molecule has 5 heteroatoms. The van der Waals surface area contributed by atoms with Gasteiger partial charge in [0.1, 0.15) is 0 Å². The van der Waals surface area contributed by atoms with Gasteiger partial charge in [0, 0.05) is 5.69 Å². The monoisotopic (exact) mass is 199 g/mol. The Labute approximate surface area is 76.3 Å². The van der Waals surface area contributed by atoms with Gasteiger partial charge in [0.2, 0.25) is 0 Å². The second-order valence-electron chi connectivity index (χ2n) is 2.78. The van der Waals surface area contributed by atoms with Crippen LogP contribution in [0.4, 0.5) is 5.69 Å². The molecule has 4 nitrogen and oxygen atoms in total. The van der Waals surface area contributed by atoms with Gasteiger partial charge in [-0.2, -0.15) is 0 Å². The smallest absolute Gasteiger partial charge is 0.308 e. The van der Waals surface area contributed by atoms with E-state index in [1.807, 2.05) is 18.2 Å². The largest absolute Gasteiger partial charge is 0.432 e. The number of para-hydroxylation sites is 1. The normalized spacial score (nSPS) is 27.9. The lowest BCUT2D eigenvalue weighted by molar-refractivity contribution is 0.300. The van der Waals surface area contributed by atoms with Gasteiger partial charge in [-0.1, -0.05) is 18.2 Å². The lowest BCUT2D eigenvalue weighted by atomic mass is 10.3. The van der Waals surface area contributed by atoms with Crippen molar-refractivity contribution in [2.45, 2.75) is 0 Å². The van der Waals surface area contributed by atoms with E-state index in [2.05, 4.69) is 0 Å². The Balaban J connectivity index is 2.32. The third-order valence-electron chi connectivity index (χ3n) is 1.92. The van der Waals surface area contributed by atoms with Crippen LogP contribution in [0.3, 0.4) is 0 Å². The number of hydrogen-bond donors (Lipinski definition) is 1. The maximum absolute atomic E-state index is 11.4. The topological polar surface area (TPSA) is 49.8 Å². The van der Waals surface area contributed by atoms with E-state index in [4.69, 9.17) is 4.52 Å². The summed E-state index contributed by atoms with van der Waals surface area (Å²) in [6.45, 7) is 0.778. The predicted molar refractivity (Wildman–Crippen MR) is 49.6 cm³/mol. The van der Waals surface area contributed by atoms with Gasteiger partial charge in [0.15, 0.2) is 0 Å². The molecule has 1 N–H and O–H groups in total. The molecule has 0 radical (unpaired) electrons. The summed E-state index contributed by atoms with van der Waals surface area (Å²) in [6.07, 6.45) is 0. The van der Waals surface area contributed by atoms with Crippen LogP contribution in [-0.2, 0) is 9.09 Å². The van der Waals surface area contributed by atoms with Crippen LogP contribution in [0.25, 0.3) is 0 Å². The predicted octanol–water partition coefficient (Wildman–Crippen LogP) is 1.62. The van der Waals surface area contributed by atoms with Crippen LogP contribution in [-0.4, -0.2) is 18.0 Å². The van der Waals surface area contributed by atoms with E-state index in [1.165, 1.54) is 4.67 Å². The number of benzene rings is 1. The molecule has 0 saturated carbocycles. The van der Waals surface area contributed by atoms with Crippen molar-refractivity contribution in [3.05, 3.63) is 30.3 Å². The van der Waals surface area contributed by atoms with Gasteiger partial charge in [-0.15, -0.1) is 0 Å². The first-order valence-corrected chi connectivity index (χ1v) is 5.53. The Hall–Kier alpha value is -0.830. The summed E-state index contributed by atoms with van der Waals surface area (Å²) < 4.78 is 17.5. The zero-order valence-corrected chi connectivity index (χ0v) is 7.85. The molecule has 2 rings (SSSR count). The van der Waals surface area contributed by atoms with Crippen molar-refractivity contribution < 1.29 is 14.0 Å². The van der Waals surface area contributed by atoms with Crippen LogP contribution in [0.1, 0.15) is 0 Å². The Bertz CT molecular complexity index is 341. The van der Waals surface area contributed by atoms with Gasteiger partial charge in [-0.05, 0) is 12.1 Å². The van der Waals surface area contributed by atoms with Gasteiger partial charge in [0.05, 0.1) is 13.2 Å². The van der Waals surface area contributed by atoms with Gasteiger partial charge in [-0.3, -0.25) is 9.19 Å². The van der Waals surface area contributed by atoms with Gasteiger partial charge in [0.25, 0.3) is 0 Å². The lowest BCUT2D eigenvalue weighted by Gasteiger charge is -2.18. The summed E-state index contributed by atoms with van der Waals surface area (Å²) in [5.41, 5.74) is 0.728.